The van der Waals surface area contributed by atoms with Crippen LogP contribution in [-0.2, 0) is 12.8 Å². The Labute approximate surface area is 138 Å². The highest BCUT2D eigenvalue weighted by Crippen LogP contribution is 2.23. The summed E-state index contributed by atoms with van der Waals surface area (Å²) in [5, 5.41) is 5.90. The molecule has 0 spiro atoms. The van der Waals surface area contributed by atoms with Crippen LogP contribution in [0.2, 0.25) is 0 Å². The molecule has 122 valence electrons. The summed E-state index contributed by atoms with van der Waals surface area (Å²) in [5.74, 6) is 0. The molecule has 2 rings (SSSR count). The Morgan fingerprint density at radius 1 is 0.913 bits per heavy atom. The molecule has 0 fully saturated rings. The third-order valence-electron chi connectivity index (χ3n) is 3.88. The van der Waals surface area contributed by atoms with E-state index in [1.165, 1.54) is 0 Å². The minimum atomic E-state index is -0.210. The highest BCUT2D eigenvalue weighted by molar-refractivity contribution is 6.00. The molecule has 0 aliphatic carbocycles. The van der Waals surface area contributed by atoms with Gasteiger partial charge in [0.25, 0.3) is 0 Å². The van der Waals surface area contributed by atoms with Gasteiger partial charge in [0.05, 0.1) is 0 Å². The largest absolute Gasteiger partial charge is 0.378 e. The van der Waals surface area contributed by atoms with Gasteiger partial charge in [0, 0.05) is 31.2 Å². The minimum Gasteiger partial charge on any atom is -0.378 e. The lowest BCUT2D eigenvalue weighted by Gasteiger charge is -2.16. The van der Waals surface area contributed by atoms with Gasteiger partial charge in [-0.3, -0.25) is 0 Å². The van der Waals surface area contributed by atoms with E-state index in [-0.39, 0.29) is 6.03 Å². The highest BCUT2D eigenvalue weighted by Gasteiger charge is 2.10. The molecule has 0 bridgehead atoms. The molecular weight excluding hydrogens is 286 g/mol. The summed E-state index contributed by atoms with van der Waals surface area (Å²) < 4.78 is 0. The van der Waals surface area contributed by atoms with Gasteiger partial charge < -0.3 is 15.5 Å². The quantitative estimate of drug-likeness (QED) is 0.852. The van der Waals surface area contributed by atoms with Crippen molar-refractivity contribution >= 4 is 23.1 Å². The normalized spacial score (nSPS) is 10.3. The van der Waals surface area contributed by atoms with Crippen molar-refractivity contribution in [3.8, 4) is 0 Å². The molecule has 2 aromatic carbocycles. The van der Waals surface area contributed by atoms with Gasteiger partial charge in [-0.1, -0.05) is 32.0 Å². The smallest absolute Gasteiger partial charge is 0.323 e. The maximum absolute atomic E-state index is 12.3. The zero-order chi connectivity index (χ0) is 16.8. The van der Waals surface area contributed by atoms with Crippen molar-refractivity contribution in [2.75, 3.05) is 29.6 Å². The summed E-state index contributed by atoms with van der Waals surface area (Å²) in [6, 6.07) is 13.7. The Kier molecular flexibility index (Phi) is 5.63. The molecule has 0 aliphatic rings. The summed E-state index contributed by atoms with van der Waals surface area (Å²) in [4.78, 5) is 14.3. The molecule has 0 heterocycles. The molecule has 2 aromatic rings. The fourth-order valence-corrected chi connectivity index (χ4v) is 2.52. The second kappa shape index (κ2) is 7.68. The average molecular weight is 311 g/mol. The number of anilines is 3. The van der Waals surface area contributed by atoms with Crippen molar-refractivity contribution in [2.45, 2.75) is 26.7 Å². The lowest BCUT2D eigenvalue weighted by molar-refractivity contribution is 0.262. The molecule has 0 radical (unpaired) electrons. The number of hydrogen-bond donors (Lipinski definition) is 2. The van der Waals surface area contributed by atoms with Gasteiger partial charge in [0.1, 0.15) is 0 Å². The van der Waals surface area contributed by atoms with Crippen LogP contribution in [0.3, 0.4) is 0 Å². The second-order valence-electron chi connectivity index (χ2n) is 5.68. The molecule has 4 heteroatoms. The van der Waals surface area contributed by atoms with Crippen LogP contribution in [0.4, 0.5) is 21.9 Å². The fourth-order valence-electron chi connectivity index (χ4n) is 2.52. The number of nitrogens with zero attached hydrogens (tertiary/aromatic N) is 1. The summed E-state index contributed by atoms with van der Waals surface area (Å²) in [7, 11) is 3.98. The lowest BCUT2D eigenvalue weighted by atomic mass is 10.0. The van der Waals surface area contributed by atoms with Crippen LogP contribution in [-0.4, -0.2) is 20.1 Å². The Bertz CT molecular complexity index is 641. The third-order valence-corrected chi connectivity index (χ3v) is 3.88. The lowest BCUT2D eigenvalue weighted by Crippen LogP contribution is -2.21. The Hall–Kier alpha value is -2.49. The molecule has 0 aliphatic heterocycles. The van der Waals surface area contributed by atoms with Crippen LogP contribution in [0.5, 0.6) is 0 Å². The van der Waals surface area contributed by atoms with Gasteiger partial charge in [-0.05, 0) is 48.2 Å². The van der Waals surface area contributed by atoms with Crippen molar-refractivity contribution in [1.82, 2.24) is 0 Å². The number of amides is 2. The number of carbonyl (C=O) groups excluding carboxylic acids is 1. The maximum Gasteiger partial charge on any atom is 0.323 e. The van der Waals surface area contributed by atoms with E-state index in [1.807, 2.05) is 49.3 Å². The number of para-hydroxylation sites is 1. The van der Waals surface area contributed by atoms with Gasteiger partial charge in [-0.25, -0.2) is 4.79 Å². The van der Waals surface area contributed by atoms with Crippen LogP contribution in [0.1, 0.15) is 25.0 Å². The van der Waals surface area contributed by atoms with Crippen molar-refractivity contribution in [1.29, 1.82) is 0 Å². The van der Waals surface area contributed by atoms with Crippen LogP contribution in [0.25, 0.3) is 0 Å². The maximum atomic E-state index is 12.3. The first-order valence-corrected chi connectivity index (χ1v) is 8.01. The molecular formula is C19H25N3O. The van der Waals surface area contributed by atoms with Gasteiger partial charge in [0.15, 0.2) is 0 Å². The van der Waals surface area contributed by atoms with Crippen LogP contribution < -0.4 is 15.5 Å². The number of aryl methyl sites for hydroxylation is 2. The molecule has 23 heavy (non-hydrogen) atoms. The molecule has 0 unspecified atom stereocenters. The number of rotatable bonds is 5. The molecule has 0 saturated carbocycles. The zero-order valence-corrected chi connectivity index (χ0v) is 14.3. The van der Waals surface area contributed by atoms with Crippen molar-refractivity contribution < 1.29 is 4.79 Å². The summed E-state index contributed by atoms with van der Waals surface area (Å²) in [6.45, 7) is 4.19. The van der Waals surface area contributed by atoms with Gasteiger partial charge in [0.2, 0.25) is 0 Å². The Balaban J connectivity index is 2.10. The number of benzene rings is 2. The predicted molar refractivity (Wildman–Crippen MR) is 98.6 cm³/mol. The van der Waals surface area contributed by atoms with Crippen LogP contribution in [0.15, 0.2) is 42.5 Å². The van der Waals surface area contributed by atoms with Crippen LogP contribution >= 0.6 is 0 Å². The molecule has 0 saturated heterocycles. The summed E-state index contributed by atoms with van der Waals surface area (Å²) >= 11 is 0. The number of hydrogen-bond acceptors (Lipinski definition) is 2. The Morgan fingerprint density at radius 3 is 1.96 bits per heavy atom. The summed E-state index contributed by atoms with van der Waals surface area (Å²) in [5.41, 5.74) is 5.12. The standard InChI is InChI=1S/C19H25N3O/c1-5-14-8-7-9-15(6-2)18(14)21-19(23)20-16-10-12-17(13-11-16)22(3)4/h7-13H,5-6H2,1-4H3,(H2,20,21,23). The van der Waals surface area contributed by atoms with E-state index >= 15 is 0 Å². The van der Waals surface area contributed by atoms with E-state index in [9.17, 15) is 4.79 Å². The van der Waals surface area contributed by atoms with Crippen molar-refractivity contribution in [3.05, 3.63) is 53.6 Å². The summed E-state index contributed by atoms with van der Waals surface area (Å²) in [6.07, 6.45) is 1.78. The Morgan fingerprint density at radius 2 is 1.48 bits per heavy atom. The van der Waals surface area contributed by atoms with E-state index in [0.717, 1.165) is 41.0 Å². The zero-order valence-electron chi connectivity index (χ0n) is 14.3. The van der Waals surface area contributed by atoms with E-state index in [2.05, 4.69) is 36.6 Å². The van der Waals surface area contributed by atoms with Gasteiger partial charge >= 0.3 is 6.03 Å². The molecule has 4 nitrogen and oxygen atoms in total. The second-order valence-corrected chi connectivity index (χ2v) is 5.68. The minimum absolute atomic E-state index is 0.210. The van der Waals surface area contributed by atoms with Crippen LogP contribution in [0, 0.1) is 0 Å². The molecule has 0 atom stereocenters. The molecule has 2 N–H and O–H groups in total. The van der Waals surface area contributed by atoms with Crippen molar-refractivity contribution in [2.24, 2.45) is 0 Å². The fraction of sp³-hybridized carbons (Fsp3) is 0.316. The first kappa shape index (κ1) is 16.9. The van der Waals surface area contributed by atoms with Gasteiger partial charge in [-0.15, -0.1) is 0 Å². The SMILES string of the molecule is CCc1cccc(CC)c1NC(=O)Nc1ccc(N(C)C)cc1. The topological polar surface area (TPSA) is 44.4 Å². The van der Waals surface area contributed by atoms with E-state index in [4.69, 9.17) is 0 Å². The highest BCUT2D eigenvalue weighted by atomic mass is 16.2. The first-order valence-electron chi connectivity index (χ1n) is 8.01. The number of nitrogens with one attached hydrogen (secondary N) is 2. The van der Waals surface area contributed by atoms with Gasteiger partial charge in [-0.2, -0.15) is 0 Å². The predicted octanol–water partition coefficient (Wildman–Crippen LogP) is 4.52. The van der Waals surface area contributed by atoms with Crippen molar-refractivity contribution in [3.63, 3.8) is 0 Å². The first-order chi connectivity index (χ1) is 11.0. The number of urea groups is 1. The third kappa shape index (κ3) is 4.25. The molecule has 0 aromatic heterocycles. The van der Waals surface area contributed by atoms with E-state index in [1.54, 1.807) is 0 Å². The monoisotopic (exact) mass is 311 g/mol. The van der Waals surface area contributed by atoms with E-state index in [0.29, 0.717) is 0 Å². The molecule has 2 amide bonds. The van der Waals surface area contributed by atoms with E-state index < -0.39 is 0 Å². The number of carbonyl (C=O) groups is 1. The average Bonchev–Trinajstić information content (AvgIpc) is 2.55.